The summed E-state index contributed by atoms with van der Waals surface area (Å²) in [6.45, 7) is 0. The minimum absolute atomic E-state index is 0.242. The van der Waals surface area contributed by atoms with Gasteiger partial charge in [-0.25, -0.2) is 0 Å². The second kappa shape index (κ2) is 3.47. The van der Waals surface area contributed by atoms with Crippen molar-refractivity contribution in [1.29, 1.82) is 0 Å². The van der Waals surface area contributed by atoms with Gasteiger partial charge in [0.05, 0.1) is 0 Å². The summed E-state index contributed by atoms with van der Waals surface area (Å²) >= 11 is 1.52. The summed E-state index contributed by atoms with van der Waals surface area (Å²) in [5.41, 5.74) is 0.731. The Bertz CT molecular complexity index is 376. The molecule has 0 bridgehead atoms. The lowest BCUT2D eigenvalue weighted by Crippen LogP contribution is -2.00. The minimum Gasteiger partial charge on any atom is -0.345 e. The van der Waals surface area contributed by atoms with E-state index in [-0.39, 0.29) is 5.90 Å². The lowest BCUT2D eigenvalue weighted by molar-refractivity contribution is 0.371. The topological polar surface area (TPSA) is 47.9 Å². The Morgan fingerprint density at radius 1 is 1.31 bits per heavy atom. The molecule has 1 aromatic rings. The molecule has 0 aliphatic carbocycles. The van der Waals surface area contributed by atoms with E-state index in [0.717, 1.165) is 10.0 Å². The first kappa shape index (κ1) is 8.71. The van der Waals surface area contributed by atoms with Gasteiger partial charge in [0, 0.05) is 10.0 Å². The Labute approximate surface area is 85.5 Å². The van der Waals surface area contributed by atoms with Crippen LogP contribution in [0.1, 0.15) is 5.56 Å². The first-order chi connectivity index (χ1) is 6.25. The van der Waals surface area contributed by atoms with Crippen molar-refractivity contribution in [3.05, 3.63) is 34.3 Å². The monoisotopic (exact) mass is 261 g/mol. The predicted molar refractivity (Wildman–Crippen MR) is 51.0 cm³/mol. The third-order valence-corrected chi connectivity index (χ3v) is 2.44. The third kappa shape index (κ3) is 1.89. The molecular formula is C7H4BrNO3S. The number of rotatable bonds is 1. The Kier molecular flexibility index (Phi) is 2.32. The van der Waals surface area contributed by atoms with Gasteiger partial charge in [-0.05, 0) is 29.4 Å². The lowest BCUT2D eigenvalue weighted by atomic mass is 10.2. The number of nitrogens with zero attached hydrogens (tertiary/aromatic N) is 1. The molecule has 0 aromatic heterocycles. The van der Waals surface area contributed by atoms with Crippen molar-refractivity contribution in [2.24, 2.45) is 5.16 Å². The second-order valence-corrected chi connectivity index (χ2v) is 3.90. The van der Waals surface area contributed by atoms with Gasteiger partial charge in [-0.15, -0.1) is 0 Å². The molecule has 0 spiro atoms. The van der Waals surface area contributed by atoms with Gasteiger partial charge in [0.15, 0.2) is 0 Å². The molecule has 0 fully saturated rings. The van der Waals surface area contributed by atoms with Crippen LogP contribution in [0, 0.1) is 0 Å². The maximum absolute atomic E-state index is 10.6. The molecule has 0 N–H and O–H groups in total. The van der Waals surface area contributed by atoms with Gasteiger partial charge in [0.1, 0.15) is 0 Å². The number of benzene rings is 1. The summed E-state index contributed by atoms with van der Waals surface area (Å²) in [7, 11) is 0. The van der Waals surface area contributed by atoms with E-state index in [9.17, 15) is 4.21 Å². The fraction of sp³-hybridized carbons (Fsp3) is 0. The van der Waals surface area contributed by atoms with Gasteiger partial charge in [-0.3, -0.25) is 4.28 Å². The summed E-state index contributed by atoms with van der Waals surface area (Å²) in [4.78, 5) is 0. The molecule has 1 aromatic carbocycles. The minimum atomic E-state index is -1.77. The molecule has 1 unspecified atom stereocenters. The summed E-state index contributed by atoms with van der Waals surface area (Å²) in [6.07, 6.45) is 0. The second-order valence-electron chi connectivity index (χ2n) is 2.27. The predicted octanol–water partition coefficient (Wildman–Crippen LogP) is 1.74. The number of hydrogen-bond donors (Lipinski definition) is 0. The van der Waals surface area contributed by atoms with Crippen LogP contribution in [0.5, 0.6) is 0 Å². The van der Waals surface area contributed by atoms with Crippen molar-refractivity contribution in [1.82, 2.24) is 0 Å². The molecule has 0 amide bonds. The maximum atomic E-state index is 10.6. The van der Waals surface area contributed by atoms with Crippen LogP contribution in [0.25, 0.3) is 0 Å². The molecule has 1 aliphatic rings. The summed E-state index contributed by atoms with van der Waals surface area (Å²) < 4.78 is 20.7. The van der Waals surface area contributed by atoms with E-state index in [1.165, 1.54) is 0 Å². The van der Waals surface area contributed by atoms with E-state index in [1.54, 1.807) is 12.1 Å². The van der Waals surface area contributed by atoms with Crippen LogP contribution in [-0.2, 0) is 19.8 Å². The average molecular weight is 262 g/mol. The zero-order valence-corrected chi connectivity index (χ0v) is 8.67. The Balaban J connectivity index is 2.27. The van der Waals surface area contributed by atoms with E-state index in [2.05, 4.69) is 25.4 Å². The van der Waals surface area contributed by atoms with Crippen LogP contribution in [0.4, 0.5) is 0 Å². The van der Waals surface area contributed by atoms with Crippen LogP contribution in [-0.4, -0.2) is 10.1 Å². The van der Waals surface area contributed by atoms with Crippen LogP contribution in [0.15, 0.2) is 33.9 Å². The molecule has 68 valence electrons. The molecule has 2 rings (SSSR count). The van der Waals surface area contributed by atoms with Crippen LogP contribution in [0.3, 0.4) is 0 Å². The van der Waals surface area contributed by atoms with Gasteiger partial charge < -0.3 is 4.18 Å². The van der Waals surface area contributed by atoms with E-state index in [0.29, 0.717) is 0 Å². The van der Waals surface area contributed by atoms with E-state index in [4.69, 9.17) is 4.18 Å². The van der Waals surface area contributed by atoms with Gasteiger partial charge in [0.2, 0.25) is 0 Å². The van der Waals surface area contributed by atoms with Gasteiger partial charge in [-0.2, -0.15) is 4.21 Å². The SMILES string of the molecule is O=S1ON=C(c2ccc(Br)cc2)O1. The summed E-state index contributed by atoms with van der Waals surface area (Å²) in [5.74, 6) is 0.242. The fourth-order valence-corrected chi connectivity index (χ4v) is 1.53. The van der Waals surface area contributed by atoms with Crippen molar-refractivity contribution in [3.63, 3.8) is 0 Å². The normalized spacial score (nSPS) is 20.4. The molecule has 6 heteroatoms. The highest BCUT2D eigenvalue weighted by Crippen LogP contribution is 2.15. The molecule has 1 aliphatic heterocycles. The van der Waals surface area contributed by atoms with E-state index >= 15 is 0 Å². The van der Waals surface area contributed by atoms with Crippen molar-refractivity contribution in [2.75, 3.05) is 0 Å². The summed E-state index contributed by atoms with van der Waals surface area (Å²) in [6, 6.07) is 7.24. The third-order valence-electron chi connectivity index (χ3n) is 1.42. The molecule has 13 heavy (non-hydrogen) atoms. The standard InChI is InChI=1S/C7H4BrNO3S/c8-6-3-1-5(2-4-6)7-9-12-13(10)11-7/h1-4H. The maximum Gasteiger partial charge on any atom is 0.441 e. The van der Waals surface area contributed by atoms with Crippen LogP contribution in [0.2, 0.25) is 0 Å². The number of halogens is 1. The van der Waals surface area contributed by atoms with Crippen LogP contribution < -0.4 is 0 Å². The molecule has 0 radical (unpaired) electrons. The summed E-state index contributed by atoms with van der Waals surface area (Å²) in [5, 5.41) is 3.50. The largest absolute Gasteiger partial charge is 0.441 e. The molecule has 0 saturated carbocycles. The number of oxime groups is 1. The Morgan fingerprint density at radius 3 is 2.54 bits per heavy atom. The Hall–Kier alpha value is -0.880. The van der Waals surface area contributed by atoms with Gasteiger partial charge in [-0.1, -0.05) is 15.9 Å². The molecular weight excluding hydrogens is 258 g/mol. The average Bonchev–Trinajstić information content (AvgIpc) is 2.53. The zero-order chi connectivity index (χ0) is 9.26. The Morgan fingerprint density at radius 2 is 2.00 bits per heavy atom. The molecule has 1 atom stereocenters. The quantitative estimate of drug-likeness (QED) is 0.774. The smallest absolute Gasteiger partial charge is 0.345 e. The molecule has 4 nitrogen and oxygen atoms in total. The van der Waals surface area contributed by atoms with Crippen molar-refractivity contribution in [3.8, 4) is 0 Å². The van der Waals surface area contributed by atoms with Crippen molar-refractivity contribution >= 4 is 33.2 Å². The van der Waals surface area contributed by atoms with E-state index < -0.39 is 11.4 Å². The first-order valence-electron chi connectivity index (χ1n) is 3.37. The first-order valence-corrected chi connectivity index (χ1v) is 5.16. The molecule has 1 heterocycles. The molecule has 0 saturated heterocycles. The van der Waals surface area contributed by atoms with Crippen molar-refractivity contribution < 1.29 is 12.7 Å². The highest BCUT2D eigenvalue weighted by atomic mass is 79.9. The fourth-order valence-electron chi connectivity index (χ4n) is 0.852. The van der Waals surface area contributed by atoms with Crippen molar-refractivity contribution in [2.45, 2.75) is 0 Å². The van der Waals surface area contributed by atoms with E-state index in [1.807, 2.05) is 12.1 Å². The highest BCUT2D eigenvalue weighted by Gasteiger charge is 2.18. The van der Waals surface area contributed by atoms with Gasteiger partial charge in [0.25, 0.3) is 5.90 Å². The zero-order valence-electron chi connectivity index (χ0n) is 6.27. The highest BCUT2D eigenvalue weighted by molar-refractivity contribution is 9.10. The van der Waals surface area contributed by atoms with Gasteiger partial charge >= 0.3 is 11.4 Å². The lowest BCUT2D eigenvalue weighted by Gasteiger charge is -1.95. The van der Waals surface area contributed by atoms with Crippen LogP contribution >= 0.6 is 15.9 Å². The number of hydrogen-bond acceptors (Lipinski definition) is 4.